The zero-order valence-electron chi connectivity index (χ0n) is 10.7. The predicted octanol–water partition coefficient (Wildman–Crippen LogP) is 1.43. The van der Waals surface area contributed by atoms with Crippen molar-refractivity contribution in [1.29, 1.82) is 0 Å². The van der Waals surface area contributed by atoms with Gasteiger partial charge in [0.1, 0.15) is 0 Å². The fourth-order valence-corrected chi connectivity index (χ4v) is 2.41. The van der Waals surface area contributed by atoms with Crippen LogP contribution in [-0.2, 0) is 9.53 Å². The molecule has 0 aliphatic heterocycles. The lowest BCUT2D eigenvalue weighted by Gasteiger charge is -2.13. The molecular formula is C14H17NO3. The van der Waals surface area contributed by atoms with Gasteiger partial charge in [-0.1, -0.05) is 18.2 Å². The summed E-state index contributed by atoms with van der Waals surface area (Å²) in [6.45, 7) is 2.89. The summed E-state index contributed by atoms with van der Waals surface area (Å²) in [5, 5.41) is 2.80. The molecule has 1 aliphatic carbocycles. The molecule has 2 rings (SSSR count). The first-order chi connectivity index (χ1) is 8.65. The van der Waals surface area contributed by atoms with E-state index in [0.29, 0.717) is 18.7 Å². The number of fused-ring (bicyclic) bond motifs is 1. The average Bonchev–Trinajstić information content (AvgIpc) is 2.69. The molecule has 18 heavy (non-hydrogen) atoms. The van der Waals surface area contributed by atoms with E-state index < -0.39 is 0 Å². The van der Waals surface area contributed by atoms with Gasteiger partial charge >= 0.3 is 0 Å². The van der Waals surface area contributed by atoms with Gasteiger partial charge < -0.3 is 10.1 Å². The lowest BCUT2D eigenvalue weighted by Crippen LogP contribution is -2.31. The molecule has 0 bridgehead atoms. The third kappa shape index (κ3) is 2.29. The Morgan fingerprint density at radius 1 is 1.50 bits per heavy atom. The molecule has 4 nitrogen and oxygen atoms in total. The van der Waals surface area contributed by atoms with Crippen LogP contribution in [0, 0.1) is 6.92 Å². The maximum atomic E-state index is 12.1. The van der Waals surface area contributed by atoms with Crippen LogP contribution < -0.4 is 5.32 Å². The largest absolute Gasteiger partial charge is 0.383 e. The van der Waals surface area contributed by atoms with Crippen molar-refractivity contribution in [2.45, 2.75) is 19.3 Å². The van der Waals surface area contributed by atoms with Crippen LogP contribution in [0.3, 0.4) is 0 Å². The third-order valence-corrected chi connectivity index (χ3v) is 3.28. The first-order valence-electron chi connectivity index (χ1n) is 6.04. The molecule has 96 valence electrons. The molecule has 0 saturated carbocycles. The fourth-order valence-electron chi connectivity index (χ4n) is 2.41. The number of ketones is 1. The van der Waals surface area contributed by atoms with Gasteiger partial charge in [0.15, 0.2) is 5.78 Å². The van der Waals surface area contributed by atoms with Crippen molar-refractivity contribution >= 4 is 11.7 Å². The van der Waals surface area contributed by atoms with E-state index in [2.05, 4.69) is 5.32 Å². The Hall–Kier alpha value is -1.68. The Balaban J connectivity index is 2.18. The molecule has 0 fully saturated rings. The van der Waals surface area contributed by atoms with Gasteiger partial charge in [-0.2, -0.15) is 0 Å². The summed E-state index contributed by atoms with van der Waals surface area (Å²) in [7, 11) is 1.59. The minimum Gasteiger partial charge on any atom is -0.383 e. The molecule has 1 aliphatic rings. The highest BCUT2D eigenvalue weighted by atomic mass is 16.5. The van der Waals surface area contributed by atoms with Gasteiger partial charge in [0.25, 0.3) is 0 Å². The Kier molecular flexibility index (Phi) is 3.77. The van der Waals surface area contributed by atoms with Crippen LogP contribution in [0.2, 0.25) is 0 Å². The Morgan fingerprint density at radius 3 is 3.00 bits per heavy atom. The summed E-state index contributed by atoms with van der Waals surface area (Å²) in [5.41, 5.74) is 2.59. The number of aryl methyl sites for hydroxylation is 1. The monoisotopic (exact) mass is 247 g/mol. The number of methoxy groups -OCH3 is 1. The van der Waals surface area contributed by atoms with Crippen LogP contribution in [0.4, 0.5) is 0 Å². The van der Waals surface area contributed by atoms with E-state index in [-0.39, 0.29) is 24.0 Å². The second-order valence-electron chi connectivity index (χ2n) is 4.50. The molecule has 1 aromatic carbocycles. The van der Waals surface area contributed by atoms with Crippen LogP contribution in [0.5, 0.6) is 0 Å². The van der Waals surface area contributed by atoms with Crippen molar-refractivity contribution in [3.8, 4) is 0 Å². The number of carbonyl (C=O) groups excluding carboxylic acids is 2. The van der Waals surface area contributed by atoms with E-state index in [1.54, 1.807) is 13.2 Å². The van der Waals surface area contributed by atoms with Crippen LogP contribution in [0.25, 0.3) is 0 Å². The van der Waals surface area contributed by atoms with Crippen molar-refractivity contribution in [1.82, 2.24) is 5.32 Å². The summed E-state index contributed by atoms with van der Waals surface area (Å²) >= 11 is 0. The van der Waals surface area contributed by atoms with Crippen molar-refractivity contribution in [3.05, 3.63) is 34.9 Å². The van der Waals surface area contributed by atoms with Gasteiger partial charge in [-0.3, -0.25) is 9.59 Å². The van der Waals surface area contributed by atoms with Crippen molar-refractivity contribution in [2.75, 3.05) is 20.3 Å². The second kappa shape index (κ2) is 5.31. The number of hydrogen-bond donors (Lipinski definition) is 1. The van der Waals surface area contributed by atoms with Gasteiger partial charge in [0.05, 0.1) is 12.5 Å². The molecule has 0 spiro atoms. The number of carbonyl (C=O) groups is 2. The predicted molar refractivity (Wildman–Crippen MR) is 67.8 cm³/mol. The molecule has 1 N–H and O–H groups in total. The minimum absolute atomic E-state index is 0.0561. The van der Waals surface area contributed by atoms with Crippen molar-refractivity contribution < 1.29 is 14.3 Å². The van der Waals surface area contributed by atoms with E-state index in [4.69, 9.17) is 4.74 Å². The number of ether oxygens (including phenoxy) is 1. The summed E-state index contributed by atoms with van der Waals surface area (Å²) in [5.74, 6) is -0.375. The summed E-state index contributed by atoms with van der Waals surface area (Å²) in [4.78, 5) is 23.9. The average molecular weight is 247 g/mol. The molecular weight excluding hydrogens is 230 g/mol. The second-order valence-corrected chi connectivity index (χ2v) is 4.50. The highest BCUT2D eigenvalue weighted by Gasteiger charge is 2.34. The van der Waals surface area contributed by atoms with Crippen LogP contribution in [0.15, 0.2) is 18.2 Å². The third-order valence-electron chi connectivity index (χ3n) is 3.28. The zero-order valence-corrected chi connectivity index (χ0v) is 10.7. The van der Waals surface area contributed by atoms with Gasteiger partial charge in [-0.15, -0.1) is 0 Å². The fraction of sp³-hybridized carbons (Fsp3) is 0.429. The van der Waals surface area contributed by atoms with E-state index in [1.807, 2.05) is 19.1 Å². The van der Waals surface area contributed by atoms with Crippen molar-refractivity contribution in [3.63, 3.8) is 0 Å². The molecule has 0 radical (unpaired) electrons. The number of amides is 1. The molecule has 1 unspecified atom stereocenters. The van der Waals surface area contributed by atoms with E-state index in [9.17, 15) is 9.59 Å². The van der Waals surface area contributed by atoms with Gasteiger partial charge in [-0.25, -0.2) is 0 Å². The number of Topliss-reactive ketones (excluding diaryl/α,β-unsaturated/α-hetero) is 1. The molecule has 1 aromatic rings. The smallest absolute Gasteiger partial charge is 0.228 e. The minimum atomic E-state index is -0.342. The van der Waals surface area contributed by atoms with E-state index >= 15 is 0 Å². The summed E-state index contributed by atoms with van der Waals surface area (Å²) in [6, 6.07) is 5.59. The molecule has 0 aromatic heterocycles. The lowest BCUT2D eigenvalue weighted by atomic mass is 9.96. The van der Waals surface area contributed by atoms with Crippen LogP contribution in [0.1, 0.15) is 33.8 Å². The summed E-state index contributed by atoms with van der Waals surface area (Å²) in [6.07, 6.45) is 0.277. The number of benzene rings is 1. The quantitative estimate of drug-likeness (QED) is 0.819. The highest BCUT2D eigenvalue weighted by molar-refractivity contribution is 6.07. The first-order valence-corrected chi connectivity index (χ1v) is 6.04. The molecule has 1 atom stereocenters. The maximum Gasteiger partial charge on any atom is 0.228 e. The first kappa shape index (κ1) is 12.8. The number of hydrogen-bond acceptors (Lipinski definition) is 3. The van der Waals surface area contributed by atoms with Crippen LogP contribution >= 0.6 is 0 Å². The zero-order chi connectivity index (χ0) is 13.1. The van der Waals surface area contributed by atoms with Crippen molar-refractivity contribution in [2.24, 2.45) is 0 Å². The van der Waals surface area contributed by atoms with Gasteiger partial charge in [0.2, 0.25) is 5.91 Å². The number of nitrogens with one attached hydrogen (secondary N) is 1. The van der Waals surface area contributed by atoms with E-state index in [1.165, 1.54) is 0 Å². The molecule has 0 heterocycles. The topological polar surface area (TPSA) is 55.4 Å². The van der Waals surface area contributed by atoms with E-state index in [0.717, 1.165) is 11.1 Å². The highest BCUT2D eigenvalue weighted by Crippen LogP contribution is 2.35. The Morgan fingerprint density at radius 2 is 2.28 bits per heavy atom. The number of rotatable bonds is 4. The SMILES string of the molecule is COCCNC(=O)C1CC(=O)c2cccc(C)c21. The van der Waals surface area contributed by atoms with Gasteiger partial charge in [-0.05, 0) is 18.1 Å². The molecule has 4 heteroatoms. The lowest BCUT2D eigenvalue weighted by molar-refractivity contribution is -0.122. The Bertz CT molecular complexity index is 482. The van der Waals surface area contributed by atoms with Crippen LogP contribution in [-0.4, -0.2) is 32.0 Å². The molecule has 0 saturated heterocycles. The summed E-state index contributed by atoms with van der Waals surface area (Å²) < 4.78 is 4.89. The standard InChI is InChI=1S/C14H17NO3/c1-9-4-3-5-10-12(16)8-11(13(9)10)14(17)15-6-7-18-2/h3-5,11H,6-8H2,1-2H3,(H,15,17). The molecule has 1 amide bonds. The maximum absolute atomic E-state index is 12.1. The van der Waals surface area contributed by atoms with Gasteiger partial charge in [0, 0.05) is 25.6 Å². The Labute approximate surface area is 106 Å². The normalized spacial score (nSPS) is 17.7.